The number of fused-ring (bicyclic) bond motifs is 1. The Bertz CT molecular complexity index is 1310. The highest BCUT2D eigenvalue weighted by molar-refractivity contribution is 7.92. The number of rotatable bonds is 8. The third-order valence-corrected chi connectivity index (χ3v) is 6.51. The summed E-state index contributed by atoms with van der Waals surface area (Å²) in [6, 6.07) is 15.9. The summed E-state index contributed by atoms with van der Waals surface area (Å²) in [4.78, 5) is 12.8. The van der Waals surface area contributed by atoms with Gasteiger partial charge in [-0.3, -0.25) is 9.52 Å². The molecule has 2 N–H and O–H groups in total. The van der Waals surface area contributed by atoms with Crippen LogP contribution in [-0.2, 0) is 16.6 Å². The molecule has 3 aromatic carbocycles. The lowest BCUT2D eigenvalue weighted by atomic mass is 10.1. The van der Waals surface area contributed by atoms with E-state index in [2.05, 4.69) is 10.0 Å². The number of amides is 1. The maximum atomic E-state index is 12.9. The van der Waals surface area contributed by atoms with E-state index in [1.54, 1.807) is 56.7 Å². The Morgan fingerprint density at radius 3 is 2.50 bits per heavy atom. The quantitative estimate of drug-likeness (QED) is 0.505. The molecule has 0 unspecified atom stereocenters. The van der Waals surface area contributed by atoms with Gasteiger partial charge < -0.3 is 24.3 Å². The van der Waals surface area contributed by atoms with Gasteiger partial charge in [-0.1, -0.05) is 6.07 Å². The monoisotopic (exact) mass is 484 g/mol. The maximum absolute atomic E-state index is 12.9. The number of ether oxygens (including phenoxy) is 4. The summed E-state index contributed by atoms with van der Waals surface area (Å²) in [6.45, 7) is 0.964. The molecule has 3 aromatic rings. The second-order valence-electron chi connectivity index (χ2n) is 7.35. The number of nitrogens with one attached hydrogen (secondary N) is 2. The summed E-state index contributed by atoms with van der Waals surface area (Å²) in [6.07, 6.45) is 0. The Hall–Kier alpha value is -3.92. The lowest BCUT2D eigenvalue weighted by Gasteiger charge is -2.19. The minimum absolute atomic E-state index is 0.0247. The molecular formula is C24H24N2O7S. The minimum atomic E-state index is -3.91. The fraction of sp³-hybridized carbons (Fsp3) is 0.208. The molecule has 0 radical (unpaired) electrons. The molecule has 0 bridgehead atoms. The molecule has 0 saturated carbocycles. The maximum Gasteiger partial charge on any atom is 0.262 e. The molecule has 1 heterocycles. The van der Waals surface area contributed by atoms with Crippen molar-refractivity contribution in [2.45, 2.75) is 11.4 Å². The van der Waals surface area contributed by atoms with Crippen LogP contribution in [0.1, 0.15) is 15.9 Å². The van der Waals surface area contributed by atoms with Crippen LogP contribution in [0.3, 0.4) is 0 Å². The number of methoxy groups -OCH3 is 2. The molecule has 0 spiro atoms. The van der Waals surface area contributed by atoms with Crippen molar-refractivity contribution >= 4 is 21.6 Å². The van der Waals surface area contributed by atoms with Gasteiger partial charge in [-0.25, -0.2) is 8.42 Å². The summed E-state index contributed by atoms with van der Waals surface area (Å²) in [7, 11) is -0.806. The van der Waals surface area contributed by atoms with E-state index in [1.807, 2.05) is 0 Å². The Balaban J connectivity index is 1.47. The van der Waals surface area contributed by atoms with Gasteiger partial charge in [-0.15, -0.1) is 0 Å². The van der Waals surface area contributed by atoms with Gasteiger partial charge in [0.2, 0.25) is 0 Å². The van der Waals surface area contributed by atoms with E-state index in [0.29, 0.717) is 41.8 Å². The third-order valence-electron chi connectivity index (χ3n) is 5.13. The molecule has 0 fully saturated rings. The first-order chi connectivity index (χ1) is 16.4. The third kappa shape index (κ3) is 5.18. The predicted octanol–water partition coefficient (Wildman–Crippen LogP) is 3.21. The van der Waals surface area contributed by atoms with Gasteiger partial charge in [-0.2, -0.15) is 0 Å². The summed E-state index contributed by atoms with van der Waals surface area (Å²) in [5, 5.41) is 2.82. The van der Waals surface area contributed by atoms with E-state index in [-0.39, 0.29) is 23.0 Å². The lowest BCUT2D eigenvalue weighted by molar-refractivity contribution is 0.0950. The first-order valence-electron chi connectivity index (χ1n) is 10.4. The number of hydrogen-bond acceptors (Lipinski definition) is 7. The molecule has 1 aliphatic rings. The van der Waals surface area contributed by atoms with E-state index in [0.717, 1.165) is 5.56 Å². The Kier molecular flexibility index (Phi) is 6.78. The van der Waals surface area contributed by atoms with Gasteiger partial charge in [0, 0.05) is 29.4 Å². The molecule has 1 amide bonds. The molecule has 0 aromatic heterocycles. The van der Waals surface area contributed by atoms with Crippen LogP contribution >= 0.6 is 0 Å². The SMILES string of the molecule is COc1ccc(OC)c(CNC(=O)c2cccc(NS(=O)(=O)c3ccc4c(c3)OCCO4)c2)c1. The molecule has 4 rings (SSSR count). The average molecular weight is 485 g/mol. The average Bonchev–Trinajstić information content (AvgIpc) is 2.86. The Morgan fingerprint density at radius 2 is 1.74 bits per heavy atom. The van der Waals surface area contributed by atoms with Crippen LogP contribution in [0, 0.1) is 0 Å². The zero-order chi connectivity index (χ0) is 24.1. The van der Waals surface area contributed by atoms with Gasteiger partial charge in [0.1, 0.15) is 24.7 Å². The van der Waals surface area contributed by atoms with Gasteiger partial charge in [0.25, 0.3) is 15.9 Å². The van der Waals surface area contributed by atoms with Crippen molar-refractivity contribution in [2.75, 3.05) is 32.2 Å². The molecule has 178 valence electrons. The fourth-order valence-corrected chi connectivity index (χ4v) is 4.49. The standard InChI is InChI=1S/C24H24N2O7S/c1-30-19-6-8-21(31-2)17(13-19)15-25-24(27)16-4-3-5-18(12-16)26-34(28,29)20-7-9-22-23(14-20)33-11-10-32-22/h3-9,12-14,26H,10-11,15H2,1-2H3,(H,25,27). The predicted molar refractivity (Wildman–Crippen MR) is 125 cm³/mol. The summed E-state index contributed by atoms with van der Waals surface area (Å²) in [5.41, 5.74) is 1.29. The van der Waals surface area contributed by atoms with Crippen LogP contribution < -0.4 is 29.0 Å². The first-order valence-corrected chi connectivity index (χ1v) is 11.9. The van der Waals surface area contributed by atoms with E-state index in [9.17, 15) is 13.2 Å². The zero-order valence-corrected chi connectivity index (χ0v) is 19.5. The van der Waals surface area contributed by atoms with E-state index in [4.69, 9.17) is 18.9 Å². The number of sulfonamides is 1. The number of hydrogen-bond donors (Lipinski definition) is 2. The van der Waals surface area contributed by atoms with Crippen molar-refractivity contribution in [1.29, 1.82) is 0 Å². The number of anilines is 1. The molecule has 10 heteroatoms. The van der Waals surface area contributed by atoms with Crippen molar-refractivity contribution in [1.82, 2.24) is 5.32 Å². The second kappa shape index (κ2) is 9.92. The molecule has 1 aliphatic heterocycles. The fourth-order valence-electron chi connectivity index (χ4n) is 3.43. The lowest BCUT2D eigenvalue weighted by Crippen LogP contribution is -2.23. The smallest absolute Gasteiger partial charge is 0.262 e. The largest absolute Gasteiger partial charge is 0.497 e. The van der Waals surface area contributed by atoms with Crippen LogP contribution in [0.5, 0.6) is 23.0 Å². The molecule has 9 nitrogen and oxygen atoms in total. The highest BCUT2D eigenvalue weighted by Crippen LogP contribution is 2.33. The number of carbonyl (C=O) groups is 1. The molecular weight excluding hydrogens is 460 g/mol. The summed E-state index contributed by atoms with van der Waals surface area (Å²) in [5.74, 6) is 1.75. The summed E-state index contributed by atoms with van der Waals surface area (Å²) >= 11 is 0. The van der Waals surface area contributed by atoms with Crippen molar-refractivity contribution in [3.05, 3.63) is 71.8 Å². The zero-order valence-electron chi connectivity index (χ0n) is 18.7. The van der Waals surface area contributed by atoms with Gasteiger partial charge in [-0.05, 0) is 48.5 Å². The van der Waals surface area contributed by atoms with Crippen molar-refractivity contribution in [3.63, 3.8) is 0 Å². The van der Waals surface area contributed by atoms with Crippen LogP contribution in [0.25, 0.3) is 0 Å². The Labute approximate surface area is 197 Å². The highest BCUT2D eigenvalue weighted by atomic mass is 32.2. The highest BCUT2D eigenvalue weighted by Gasteiger charge is 2.20. The van der Waals surface area contributed by atoms with Crippen LogP contribution in [-0.4, -0.2) is 41.8 Å². The van der Waals surface area contributed by atoms with Crippen molar-refractivity contribution < 1.29 is 32.2 Å². The summed E-state index contributed by atoms with van der Waals surface area (Å²) < 4.78 is 49.7. The van der Waals surface area contributed by atoms with Gasteiger partial charge >= 0.3 is 0 Å². The van der Waals surface area contributed by atoms with Crippen LogP contribution in [0.15, 0.2) is 65.6 Å². The van der Waals surface area contributed by atoms with Gasteiger partial charge in [0.15, 0.2) is 11.5 Å². The van der Waals surface area contributed by atoms with Crippen LogP contribution in [0.2, 0.25) is 0 Å². The first kappa shape index (κ1) is 23.2. The molecule has 34 heavy (non-hydrogen) atoms. The van der Waals surface area contributed by atoms with Crippen molar-refractivity contribution in [2.24, 2.45) is 0 Å². The van der Waals surface area contributed by atoms with Crippen LogP contribution in [0.4, 0.5) is 5.69 Å². The second-order valence-corrected chi connectivity index (χ2v) is 9.03. The molecule has 0 aliphatic carbocycles. The van der Waals surface area contributed by atoms with E-state index in [1.165, 1.54) is 18.2 Å². The van der Waals surface area contributed by atoms with Crippen molar-refractivity contribution in [3.8, 4) is 23.0 Å². The molecule has 0 atom stereocenters. The van der Waals surface area contributed by atoms with E-state index < -0.39 is 10.0 Å². The van der Waals surface area contributed by atoms with E-state index >= 15 is 0 Å². The normalized spacial score (nSPS) is 12.5. The molecule has 0 saturated heterocycles. The number of benzene rings is 3. The Morgan fingerprint density at radius 1 is 0.941 bits per heavy atom. The topological polar surface area (TPSA) is 112 Å². The number of carbonyl (C=O) groups excluding carboxylic acids is 1. The van der Waals surface area contributed by atoms with Gasteiger partial charge in [0.05, 0.1) is 19.1 Å². The minimum Gasteiger partial charge on any atom is -0.497 e.